The molecule has 6 aromatic rings. The minimum Gasteiger partial charge on any atom is -0.482 e. The van der Waals surface area contributed by atoms with Gasteiger partial charge in [0.25, 0.3) is 0 Å². The smallest absolute Gasteiger partial charge is 0.341 e. The van der Waals surface area contributed by atoms with Crippen LogP contribution in [0.2, 0.25) is 0 Å². The van der Waals surface area contributed by atoms with Crippen molar-refractivity contribution in [3.05, 3.63) is 167 Å². The average Bonchev–Trinajstić information content (AvgIpc) is 0.832. The molecule has 0 unspecified atom stereocenters. The first-order valence-corrected chi connectivity index (χ1v) is 47.8. The highest BCUT2D eigenvalue weighted by Gasteiger charge is 2.44. The van der Waals surface area contributed by atoms with Gasteiger partial charge in [0.1, 0.15) is 77.7 Å². The molecule has 2 heterocycles. The molecule has 1 aliphatic heterocycles. The van der Waals surface area contributed by atoms with E-state index in [1.807, 2.05) is 42.5 Å². The molecule has 14 atom stereocenters. The van der Waals surface area contributed by atoms with Gasteiger partial charge in [0.2, 0.25) is 94.5 Å². The zero-order valence-corrected chi connectivity index (χ0v) is 82.8. The van der Waals surface area contributed by atoms with Crippen LogP contribution in [0.25, 0.3) is 11.1 Å². The number of ketones is 1. The number of rotatable bonds is 29. The molecule has 0 spiro atoms. The molecular weight excluding hydrogens is 1860 g/mol. The number of hydrogen-bond donors (Lipinski definition) is 19. The second kappa shape index (κ2) is 54.8. The highest BCUT2D eigenvalue weighted by atomic mass is 32.2. The van der Waals surface area contributed by atoms with Crippen molar-refractivity contribution in [1.29, 1.82) is 0 Å². The van der Waals surface area contributed by atoms with E-state index in [1.54, 1.807) is 113 Å². The summed E-state index contributed by atoms with van der Waals surface area (Å²) in [5, 5.41) is 78.4. The van der Waals surface area contributed by atoms with E-state index in [9.17, 15) is 72.9 Å². The van der Waals surface area contributed by atoms with Crippen LogP contribution in [0.5, 0.6) is 5.75 Å². The van der Waals surface area contributed by atoms with Gasteiger partial charge in [-0.15, -0.1) is 22.0 Å². The molecule has 0 radical (unpaired) electrons. The molecule has 44 heteroatoms. The van der Waals surface area contributed by atoms with E-state index >= 15 is 33.6 Å². The van der Waals surface area contributed by atoms with E-state index < -0.39 is 277 Å². The van der Waals surface area contributed by atoms with Crippen molar-refractivity contribution in [2.45, 2.75) is 232 Å². The Morgan fingerprint density at radius 1 is 0.514 bits per heavy atom. The van der Waals surface area contributed by atoms with Gasteiger partial charge in [-0.1, -0.05) is 183 Å². The summed E-state index contributed by atoms with van der Waals surface area (Å²) in [6.07, 6.45) is -3.83. The SMILES string of the molecule is Cc1cccc(C[C@@H]2NC(=O)[C@H](Cc3nn[nH]n3)NC(=O)[C@H](Cc3ccc(C(=O)O)cc3)NC(=O)[C@H](Cc3ccc(OCC(=O)O)cc3)NC(=O)CSC[C@@H](C(=O)NCC(N)=O)NC(=O)[C@](C)(CO)NC(=O)[C@H](C(C)C)CC(=O)[C@H](CC(C)C)NC(=O)[C@H](CC(N)=O)NC(=O)[C@@H](CC(C)C)NC(=O)[C@H](C)N(C)C(=O)[C@H](C(C)C)NC(=O)[C@H](Cc3ccc(-c4ccccc4)cc3)NC(=O)[C@H](CC(C)C)NC2=O)c1. The topological polar surface area (TPSA) is 660 Å². The van der Waals surface area contributed by atoms with E-state index in [-0.39, 0.29) is 72.2 Å². The quantitative estimate of drug-likeness (QED) is 0.0297. The lowest BCUT2D eigenvalue weighted by molar-refractivity contribution is -0.143. The number of primary amides is 2. The molecule has 7 rings (SSSR count). The lowest BCUT2D eigenvalue weighted by atomic mass is 9.85. The van der Waals surface area contributed by atoms with E-state index in [0.29, 0.717) is 22.9 Å². The fourth-order valence-electron chi connectivity index (χ4n) is 15.3. The number of H-pyrrole nitrogens is 1. The molecule has 1 aromatic heterocycles. The highest BCUT2D eigenvalue weighted by molar-refractivity contribution is 8.00. The van der Waals surface area contributed by atoms with Crippen LogP contribution in [0.4, 0.5) is 0 Å². The van der Waals surface area contributed by atoms with Crippen molar-refractivity contribution >= 4 is 124 Å². The van der Waals surface area contributed by atoms with Crippen molar-refractivity contribution < 1.29 is 111 Å². The molecule has 43 nitrogen and oxygen atoms in total. The standard InChI is InChI=1S/C98H132N20O23S/c1-51(2)35-67-77(120)43-66(54(7)8)85(127)113-98(13,50-119)97(140)111-76(86(128)101-46-79(100)122)48-142-49-81(123)102-70(39-60-27-33-65(34-28-60)141-47-82(124)125)89(131)106-71(40-59-25-31-64(32-26-59)96(138)139)90(132)110-75(45-80-114-116-117-115-80)93(135)108-73(42-61-20-18-19-56(11)38-61)91(133)105-69(37-53(5)6)88(130)107-72(41-58-23-29-63(30-24-58)62-21-16-15-17-22-62)94(136)112-83(55(9)10)95(137)118(14)57(12)84(126)104-68(36-52(3)4)87(129)109-74(44-78(99)121)92(134)103-67/h15-34,38,51-55,57,66-76,83,119H,35-37,39-50H2,1-14H3,(H2,99,121)(H2,100,122)(H,101,128)(H,102,123)(H,103,134)(H,104,126)(H,105,133)(H,106,131)(H,107,130)(H,108,135)(H,109,129)(H,110,132)(H,111,140)(H,112,136)(H,113,127)(H,124,125)(H,138,139)(H,114,115,116,117)/t57-,66-,67-,68+,69-,70-,71-,72-,73-,74-,75-,76-,83-,98-/m0/s1. The summed E-state index contributed by atoms with van der Waals surface area (Å²) in [6, 6.07) is 14.6. The number of nitrogens with two attached hydrogens (primary N) is 2. The number of Topliss-reactive ketones (excluding diaryl/α,β-unsaturated/α-hetero) is 1. The number of ether oxygens (including phenoxy) is 1. The molecule has 1 saturated heterocycles. The number of carbonyl (C=O) groups excluding carboxylic acids is 17. The molecule has 21 N–H and O–H groups in total. The first kappa shape index (κ1) is 114. The predicted molar refractivity (Wildman–Crippen MR) is 520 cm³/mol. The Labute approximate surface area is 826 Å². The highest BCUT2D eigenvalue weighted by Crippen LogP contribution is 2.26. The number of amides is 16. The van der Waals surface area contributed by atoms with Crippen molar-refractivity contribution in [2.24, 2.45) is 47.0 Å². The average molecular weight is 1990 g/mol. The summed E-state index contributed by atoms with van der Waals surface area (Å²) in [7, 11) is 1.28. The van der Waals surface area contributed by atoms with Crippen LogP contribution >= 0.6 is 11.8 Å². The van der Waals surface area contributed by atoms with Crippen LogP contribution < -0.4 is 85.3 Å². The number of likely N-dealkylation sites (N-methyl/N-ethyl adjacent to an activating group) is 1. The number of benzene rings is 5. The zero-order valence-electron chi connectivity index (χ0n) is 82.0. The number of carboxylic acids is 2. The number of nitrogens with one attached hydrogen (secondary N) is 14. The normalized spacial score (nSPS) is 23.1. The lowest BCUT2D eigenvalue weighted by Crippen LogP contribution is -2.64. The summed E-state index contributed by atoms with van der Waals surface area (Å²) in [5.74, 6) is -25.0. The largest absolute Gasteiger partial charge is 0.482 e. The van der Waals surface area contributed by atoms with E-state index in [4.69, 9.17) is 16.2 Å². The van der Waals surface area contributed by atoms with Gasteiger partial charge in [0.15, 0.2) is 18.2 Å². The molecule has 768 valence electrons. The number of thioether (sulfide) groups is 1. The molecule has 142 heavy (non-hydrogen) atoms. The van der Waals surface area contributed by atoms with Gasteiger partial charge < -0.3 is 106 Å². The number of aliphatic carboxylic acids is 1. The van der Waals surface area contributed by atoms with Crippen LogP contribution in [0.1, 0.15) is 159 Å². The maximum absolute atomic E-state index is 15.6. The molecule has 1 aliphatic rings. The number of aromatic amines is 1. The summed E-state index contributed by atoms with van der Waals surface area (Å²) in [4.78, 5) is 274. The molecule has 0 saturated carbocycles. The monoisotopic (exact) mass is 1990 g/mol. The summed E-state index contributed by atoms with van der Waals surface area (Å²) in [5.41, 5.74) is 12.4. The fourth-order valence-corrected chi connectivity index (χ4v) is 16.2. The number of carboxylic acid groups (broad SMARTS) is 2. The third-order valence-corrected chi connectivity index (χ3v) is 24.4. The first-order valence-electron chi connectivity index (χ1n) is 46.7. The number of tetrazole rings is 1. The maximum atomic E-state index is 15.6. The summed E-state index contributed by atoms with van der Waals surface area (Å²) >= 11 is 0.666. The number of aromatic nitrogens is 4. The molecule has 16 amide bonds. The fraction of sp³-hybridized carbons (Fsp3) is 0.490. The van der Waals surface area contributed by atoms with Crippen LogP contribution in [0.3, 0.4) is 0 Å². The van der Waals surface area contributed by atoms with Crippen molar-refractivity contribution in [3.8, 4) is 16.9 Å². The van der Waals surface area contributed by atoms with Gasteiger partial charge in [-0.2, -0.15) is 5.21 Å². The Bertz CT molecular complexity index is 5420. The van der Waals surface area contributed by atoms with E-state index in [2.05, 4.69) is 89.7 Å². The predicted octanol–water partition coefficient (Wildman–Crippen LogP) is 0.146. The van der Waals surface area contributed by atoms with Gasteiger partial charge in [-0.05, 0) is 127 Å². The van der Waals surface area contributed by atoms with Crippen LogP contribution in [0, 0.1) is 42.4 Å². The number of carbonyl (C=O) groups is 19. The van der Waals surface area contributed by atoms with Crippen LogP contribution in [-0.2, 0) is 118 Å². The Hall–Kier alpha value is -14.6. The summed E-state index contributed by atoms with van der Waals surface area (Å²) in [6.45, 7) is 18.2. The Balaban J connectivity index is 1.36. The molecule has 5 aromatic carbocycles. The number of aryl methyl sites for hydroxylation is 1. The molecule has 1 fully saturated rings. The minimum absolute atomic E-state index is 0.0718. The number of aromatic carboxylic acids is 1. The Morgan fingerprint density at radius 3 is 1.45 bits per heavy atom. The molecule has 0 aliphatic carbocycles. The Morgan fingerprint density at radius 2 is 0.972 bits per heavy atom. The van der Waals surface area contributed by atoms with Crippen LogP contribution in [0.15, 0.2) is 127 Å². The maximum Gasteiger partial charge on any atom is 0.341 e. The number of aliphatic hydroxyl groups excluding tert-OH is 1. The van der Waals surface area contributed by atoms with Gasteiger partial charge in [0, 0.05) is 57.2 Å². The van der Waals surface area contributed by atoms with Gasteiger partial charge in [0.05, 0.1) is 36.9 Å². The lowest BCUT2D eigenvalue weighted by Gasteiger charge is -2.33. The molecular formula is C98H132N20O23S. The van der Waals surface area contributed by atoms with E-state index in [0.717, 1.165) is 28.5 Å². The van der Waals surface area contributed by atoms with Crippen LogP contribution in [-0.4, -0.2) is 269 Å². The number of hydrogen-bond acceptors (Lipinski definition) is 25. The zero-order chi connectivity index (χ0) is 105. The number of nitrogens with zero attached hydrogens (tertiary/aromatic N) is 4. The van der Waals surface area contributed by atoms with Gasteiger partial charge in [-0.3, -0.25) is 81.5 Å². The van der Waals surface area contributed by atoms with Crippen molar-refractivity contribution in [1.82, 2.24) is 94.6 Å². The van der Waals surface area contributed by atoms with Crippen molar-refractivity contribution in [3.63, 3.8) is 0 Å². The van der Waals surface area contributed by atoms with Crippen molar-refractivity contribution in [2.75, 3.05) is 38.3 Å². The third-order valence-electron chi connectivity index (χ3n) is 23.4. The number of aliphatic hydroxyl groups is 1. The van der Waals surface area contributed by atoms with Gasteiger partial charge >= 0.3 is 11.9 Å². The Kier molecular flexibility index (Phi) is 44.2. The minimum atomic E-state index is -2.35. The van der Waals surface area contributed by atoms with E-state index in [1.165, 1.54) is 62.5 Å². The van der Waals surface area contributed by atoms with Gasteiger partial charge in [-0.25, -0.2) is 9.59 Å². The molecule has 0 bridgehead atoms. The second-order valence-corrected chi connectivity index (χ2v) is 38.5. The first-order chi connectivity index (χ1) is 67.0. The second-order valence-electron chi connectivity index (χ2n) is 37.5. The summed E-state index contributed by atoms with van der Waals surface area (Å²) < 4.78 is 5.33. The third kappa shape index (κ3) is 36.6.